The maximum atomic E-state index is 5.81. The Balaban J connectivity index is 2.03. The summed E-state index contributed by atoms with van der Waals surface area (Å²) in [6.07, 6.45) is 2.38. The third-order valence-corrected chi connectivity index (χ3v) is 2.83. The van der Waals surface area contributed by atoms with Gasteiger partial charge in [0.2, 0.25) is 0 Å². The van der Waals surface area contributed by atoms with E-state index in [0.717, 1.165) is 31.9 Å². The second kappa shape index (κ2) is 5.21. The predicted molar refractivity (Wildman–Crippen MR) is 67.3 cm³/mol. The lowest BCUT2D eigenvalue weighted by molar-refractivity contribution is 0.262. The number of ether oxygens (including phenoxy) is 1. The molecule has 1 aromatic rings. The highest BCUT2D eigenvalue weighted by Crippen LogP contribution is 2.31. The number of aryl methyl sites for hydroxylation is 1. The molecule has 1 aliphatic rings. The van der Waals surface area contributed by atoms with Gasteiger partial charge in [0.15, 0.2) is 0 Å². The van der Waals surface area contributed by atoms with Gasteiger partial charge in [-0.1, -0.05) is 12.1 Å². The molecule has 0 saturated heterocycles. The van der Waals surface area contributed by atoms with Crippen molar-refractivity contribution in [1.82, 2.24) is 4.90 Å². The Hall–Kier alpha value is -1.22. The monoisotopic (exact) mass is 220 g/mol. The fraction of sp³-hybridized carbons (Fsp3) is 0.538. The second-order valence-electron chi connectivity index (χ2n) is 4.47. The van der Waals surface area contributed by atoms with Gasteiger partial charge in [-0.15, -0.1) is 0 Å². The first-order valence-corrected chi connectivity index (χ1v) is 5.90. The van der Waals surface area contributed by atoms with Gasteiger partial charge in [0.25, 0.3) is 0 Å². The highest BCUT2D eigenvalue weighted by molar-refractivity contribution is 5.63. The van der Waals surface area contributed by atoms with Gasteiger partial charge < -0.3 is 15.0 Å². The van der Waals surface area contributed by atoms with Crippen molar-refractivity contribution in [2.24, 2.45) is 0 Å². The molecule has 0 spiro atoms. The molecule has 0 bridgehead atoms. The van der Waals surface area contributed by atoms with Crippen LogP contribution >= 0.6 is 0 Å². The van der Waals surface area contributed by atoms with Crippen LogP contribution in [0.2, 0.25) is 0 Å². The van der Waals surface area contributed by atoms with E-state index in [-0.39, 0.29) is 0 Å². The first kappa shape index (κ1) is 11.3. The van der Waals surface area contributed by atoms with Crippen molar-refractivity contribution in [2.45, 2.75) is 12.8 Å². The molecule has 16 heavy (non-hydrogen) atoms. The molecule has 1 N–H and O–H groups in total. The molecule has 3 heteroatoms. The summed E-state index contributed by atoms with van der Waals surface area (Å²) < 4.78 is 5.81. The number of rotatable bonds is 4. The Bertz CT molecular complexity index is 350. The summed E-state index contributed by atoms with van der Waals surface area (Å²) in [6, 6.07) is 6.31. The zero-order valence-corrected chi connectivity index (χ0v) is 10.1. The minimum Gasteiger partial charge on any atom is -0.490 e. The van der Waals surface area contributed by atoms with Crippen LogP contribution in [0.1, 0.15) is 12.0 Å². The molecule has 1 aliphatic heterocycles. The second-order valence-corrected chi connectivity index (χ2v) is 4.47. The first-order chi connectivity index (χ1) is 7.77. The highest BCUT2D eigenvalue weighted by Gasteiger charge is 2.12. The van der Waals surface area contributed by atoms with Gasteiger partial charge in [-0.05, 0) is 38.6 Å². The quantitative estimate of drug-likeness (QED) is 0.839. The lowest BCUT2D eigenvalue weighted by Crippen LogP contribution is -2.20. The van der Waals surface area contributed by atoms with Crippen molar-refractivity contribution in [3.8, 4) is 5.75 Å². The van der Waals surface area contributed by atoms with Crippen molar-refractivity contribution < 1.29 is 4.74 Å². The van der Waals surface area contributed by atoms with E-state index in [1.807, 2.05) is 6.07 Å². The molecule has 0 fully saturated rings. The van der Waals surface area contributed by atoms with Crippen molar-refractivity contribution >= 4 is 5.69 Å². The molecule has 3 nitrogen and oxygen atoms in total. The van der Waals surface area contributed by atoms with Crippen LogP contribution in [0.15, 0.2) is 18.2 Å². The highest BCUT2D eigenvalue weighted by atomic mass is 16.5. The maximum Gasteiger partial charge on any atom is 0.142 e. The smallest absolute Gasteiger partial charge is 0.142 e. The van der Waals surface area contributed by atoms with E-state index in [9.17, 15) is 0 Å². The topological polar surface area (TPSA) is 24.5 Å². The van der Waals surface area contributed by atoms with Crippen LogP contribution in [0.4, 0.5) is 5.69 Å². The van der Waals surface area contributed by atoms with E-state index >= 15 is 0 Å². The Labute approximate surface area is 97.4 Å². The zero-order chi connectivity index (χ0) is 11.4. The van der Waals surface area contributed by atoms with Crippen LogP contribution in [-0.4, -0.2) is 38.7 Å². The third kappa shape index (κ3) is 2.67. The molecular formula is C13H20N2O. The van der Waals surface area contributed by atoms with Crippen LogP contribution in [0, 0.1) is 0 Å². The van der Waals surface area contributed by atoms with E-state index in [1.54, 1.807) is 0 Å². The largest absolute Gasteiger partial charge is 0.490 e. The maximum absolute atomic E-state index is 5.81. The fourth-order valence-corrected chi connectivity index (χ4v) is 1.94. The van der Waals surface area contributed by atoms with Crippen LogP contribution in [0.5, 0.6) is 5.75 Å². The number of anilines is 1. The van der Waals surface area contributed by atoms with Gasteiger partial charge >= 0.3 is 0 Å². The lowest BCUT2D eigenvalue weighted by Gasteiger charge is -2.21. The molecule has 0 aliphatic carbocycles. The Morgan fingerprint density at radius 1 is 1.38 bits per heavy atom. The number of hydrogen-bond acceptors (Lipinski definition) is 3. The van der Waals surface area contributed by atoms with Crippen LogP contribution in [-0.2, 0) is 6.42 Å². The van der Waals surface area contributed by atoms with Crippen molar-refractivity contribution in [2.75, 3.05) is 39.1 Å². The van der Waals surface area contributed by atoms with Gasteiger partial charge in [-0.2, -0.15) is 0 Å². The van der Waals surface area contributed by atoms with Gasteiger partial charge in [-0.3, -0.25) is 0 Å². The number of nitrogens with one attached hydrogen (secondary N) is 1. The first-order valence-electron chi connectivity index (χ1n) is 5.90. The number of benzene rings is 1. The molecule has 0 radical (unpaired) electrons. The minimum atomic E-state index is 0.741. The molecule has 88 valence electrons. The van der Waals surface area contributed by atoms with Gasteiger partial charge in [0.1, 0.15) is 12.4 Å². The molecule has 0 amide bonds. The molecular weight excluding hydrogens is 200 g/mol. The van der Waals surface area contributed by atoms with Crippen molar-refractivity contribution in [1.29, 1.82) is 0 Å². The van der Waals surface area contributed by atoms with E-state index in [4.69, 9.17) is 4.74 Å². The number of hydrogen-bond donors (Lipinski definition) is 1. The van der Waals surface area contributed by atoms with Crippen LogP contribution in [0.25, 0.3) is 0 Å². The fourth-order valence-electron chi connectivity index (χ4n) is 1.94. The molecule has 1 heterocycles. The van der Waals surface area contributed by atoms with Crippen molar-refractivity contribution in [3.63, 3.8) is 0 Å². The predicted octanol–water partition coefficient (Wildman–Crippen LogP) is 1.99. The lowest BCUT2D eigenvalue weighted by atomic mass is 10.0. The SMILES string of the molecule is CN(C)CCOc1cccc2c1NCCC2. The number of para-hydroxylation sites is 1. The number of fused-ring (bicyclic) bond motifs is 1. The summed E-state index contributed by atoms with van der Waals surface area (Å²) in [5, 5.41) is 3.43. The summed E-state index contributed by atoms with van der Waals surface area (Å²) in [5.41, 5.74) is 2.58. The zero-order valence-electron chi connectivity index (χ0n) is 10.1. The molecule has 2 rings (SSSR count). The Morgan fingerprint density at radius 2 is 2.25 bits per heavy atom. The average molecular weight is 220 g/mol. The van der Waals surface area contributed by atoms with E-state index < -0.39 is 0 Å². The minimum absolute atomic E-state index is 0.741. The number of likely N-dealkylation sites (N-methyl/N-ethyl adjacent to an activating group) is 1. The van der Waals surface area contributed by atoms with Gasteiger partial charge in [0, 0.05) is 13.1 Å². The number of nitrogens with zero attached hydrogens (tertiary/aromatic N) is 1. The molecule has 1 aromatic carbocycles. The summed E-state index contributed by atoms with van der Waals surface area (Å²) in [6.45, 7) is 2.75. The summed E-state index contributed by atoms with van der Waals surface area (Å²) >= 11 is 0. The Kier molecular flexibility index (Phi) is 3.67. The van der Waals surface area contributed by atoms with Crippen LogP contribution < -0.4 is 10.1 Å². The van der Waals surface area contributed by atoms with Gasteiger partial charge in [-0.25, -0.2) is 0 Å². The van der Waals surface area contributed by atoms with E-state index in [2.05, 4.69) is 36.4 Å². The molecule has 0 aromatic heterocycles. The Morgan fingerprint density at radius 3 is 3.06 bits per heavy atom. The summed E-state index contributed by atoms with van der Waals surface area (Å²) in [5.74, 6) is 0.999. The normalized spacial score (nSPS) is 14.4. The molecule has 0 unspecified atom stereocenters. The summed E-state index contributed by atoms with van der Waals surface area (Å²) in [4.78, 5) is 2.13. The van der Waals surface area contributed by atoms with Gasteiger partial charge in [0.05, 0.1) is 5.69 Å². The average Bonchev–Trinajstić information content (AvgIpc) is 2.29. The summed E-state index contributed by atoms with van der Waals surface area (Å²) in [7, 11) is 4.12. The van der Waals surface area contributed by atoms with Crippen LogP contribution in [0.3, 0.4) is 0 Å². The third-order valence-electron chi connectivity index (χ3n) is 2.83. The standard InChI is InChI=1S/C13H20N2O/c1-15(2)9-10-16-12-7-3-5-11-6-4-8-14-13(11)12/h3,5,7,14H,4,6,8-10H2,1-2H3. The molecule has 0 saturated carbocycles. The van der Waals surface area contributed by atoms with Crippen molar-refractivity contribution in [3.05, 3.63) is 23.8 Å². The van der Waals surface area contributed by atoms with E-state index in [1.165, 1.54) is 17.7 Å². The molecule has 0 atom stereocenters. The van der Waals surface area contributed by atoms with E-state index in [0.29, 0.717) is 0 Å².